The lowest BCUT2D eigenvalue weighted by atomic mass is 10.2. The first-order valence-corrected chi connectivity index (χ1v) is 8.83. The van der Waals surface area contributed by atoms with Crippen LogP contribution >= 0.6 is 11.6 Å². The van der Waals surface area contributed by atoms with Gasteiger partial charge in [0.15, 0.2) is 0 Å². The first-order valence-electron chi connectivity index (χ1n) is 8.45. The van der Waals surface area contributed by atoms with Crippen LogP contribution in [0.25, 0.3) is 11.0 Å². The third-order valence-electron chi connectivity index (χ3n) is 4.53. The molecule has 1 N–H and O–H groups in total. The number of nitrogens with zero attached hydrogens (tertiary/aromatic N) is 3. The lowest BCUT2D eigenvalue weighted by Crippen LogP contribution is -2.35. The van der Waals surface area contributed by atoms with Gasteiger partial charge in [0.25, 0.3) is 5.91 Å². The standard InChI is InChI=1S/C19H19ClN4O/c20-15-6-3-5-14(13-15)18(25)23-9-4-10-24(12-11-23)19-21-16-7-1-2-8-17(16)22-19/h1-3,5-8,13H,4,9-12H2,(H,21,22). The van der Waals surface area contributed by atoms with Gasteiger partial charge >= 0.3 is 0 Å². The molecule has 0 atom stereocenters. The fraction of sp³-hybridized carbons (Fsp3) is 0.263. The molecule has 1 aromatic heterocycles. The highest BCUT2D eigenvalue weighted by molar-refractivity contribution is 6.30. The topological polar surface area (TPSA) is 52.2 Å². The van der Waals surface area contributed by atoms with Crippen LogP contribution in [0.1, 0.15) is 16.8 Å². The summed E-state index contributed by atoms with van der Waals surface area (Å²) in [4.78, 5) is 24.9. The monoisotopic (exact) mass is 354 g/mol. The molecule has 0 aliphatic carbocycles. The maximum Gasteiger partial charge on any atom is 0.253 e. The molecule has 1 aliphatic heterocycles. The average Bonchev–Trinajstić information content (AvgIpc) is 2.90. The van der Waals surface area contributed by atoms with E-state index < -0.39 is 0 Å². The summed E-state index contributed by atoms with van der Waals surface area (Å²) in [5.74, 6) is 0.909. The van der Waals surface area contributed by atoms with Crippen LogP contribution < -0.4 is 4.90 Å². The van der Waals surface area contributed by atoms with Crippen molar-refractivity contribution >= 4 is 34.5 Å². The van der Waals surface area contributed by atoms with E-state index in [1.165, 1.54) is 0 Å². The molecule has 0 spiro atoms. The molecule has 4 rings (SSSR count). The van der Waals surface area contributed by atoms with Crippen molar-refractivity contribution < 1.29 is 4.79 Å². The van der Waals surface area contributed by atoms with Gasteiger partial charge in [-0.3, -0.25) is 4.79 Å². The van der Waals surface area contributed by atoms with Crippen molar-refractivity contribution in [2.45, 2.75) is 6.42 Å². The number of rotatable bonds is 2. The molecular weight excluding hydrogens is 336 g/mol. The molecule has 3 aromatic rings. The Hall–Kier alpha value is -2.53. The summed E-state index contributed by atoms with van der Waals surface area (Å²) >= 11 is 6.01. The minimum atomic E-state index is 0.0361. The number of para-hydroxylation sites is 2. The van der Waals surface area contributed by atoms with Gasteiger partial charge in [0.1, 0.15) is 0 Å². The van der Waals surface area contributed by atoms with Crippen LogP contribution in [0.2, 0.25) is 5.02 Å². The van der Waals surface area contributed by atoms with E-state index in [4.69, 9.17) is 11.6 Å². The Morgan fingerprint density at radius 3 is 2.76 bits per heavy atom. The molecule has 2 aromatic carbocycles. The number of nitrogens with one attached hydrogen (secondary N) is 1. The van der Waals surface area contributed by atoms with E-state index in [9.17, 15) is 4.79 Å². The van der Waals surface area contributed by atoms with Crippen molar-refractivity contribution in [1.82, 2.24) is 14.9 Å². The molecule has 1 saturated heterocycles. The molecule has 0 unspecified atom stereocenters. The van der Waals surface area contributed by atoms with Crippen LogP contribution in [0.15, 0.2) is 48.5 Å². The molecule has 0 radical (unpaired) electrons. The van der Waals surface area contributed by atoms with Crippen LogP contribution in [-0.2, 0) is 0 Å². The zero-order chi connectivity index (χ0) is 17.2. The van der Waals surface area contributed by atoms with Crippen molar-refractivity contribution in [3.8, 4) is 0 Å². The van der Waals surface area contributed by atoms with E-state index in [1.807, 2.05) is 41.3 Å². The van der Waals surface area contributed by atoms with Gasteiger partial charge in [-0.2, -0.15) is 0 Å². The Morgan fingerprint density at radius 1 is 1.04 bits per heavy atom. The number of H-pyrrole nitrogens is 1. The summed E-state index contributed by atoms with van der Waals surface area (Å²) in [7, 11) is 0. The lowest BCUT2D eigenvalue weighted by Gasteiger charge is -2.22. The number of aromatic amines is 1. The first-order chi connectivity index (χ1) is 12.2. The Balaban J connectivity index is 1.49. The summed E-state index contributed by atoms with van der Waals surface area (Å²) in [5.41, 5.74) is 2.65. The molecule has 0 bridgehead atoms. The van der Waals surface area contributed by atoms with Crippen molar-refractivity contribution in [2.75, 3.05) is 31.1 Å². The number of aromatic nitrogens is 2. The predicted octanol–water partition coefficient (Wildman–Crippen LogP) is 3.57. The molecule has 1 fully saturated rings. The highest BCUT2D eigenvalue weighted by Gasteiger charge is 2.22. The predicted molar refractivity (Wildman–Crippen MR) is 100 cm³/mol. The van der Waals surface area contributed by atoms with Gasteiger partial charge in [-0.1, -0.05) is 29.8 Å². The summed E-state index contributed by atoms with van der Waals surface area (Å²) in [6, 6.07) is 15.2. The van der Waals surface area contributed by atoms with Crippen LogP contribution in [0, 0.1) is 0 Å². The Morgan fingerprint density at radius 2 is 1.92 bits per heavy atom. The number of benzene rings is 2. The van der Waals surface area contributed by atoms with Crippen LogP contribution in [0.5, 0.6) is 0 Å². The van der Waals surface area contributed by atoms with Crippen LogP contribution in [0.4, 0.5) is 5.95 Å². The smallest absolute Gasteiger partial charge is 0.253 e. The minimum absolute atomic E-state index is 0.0361. The van der Waals surface area contributed by atoms with E-state index in [-0.39, 0.29) is 5.91 Å². The Kier molecular flexibility index (Phi) is 4.32. The molecule has 6 heteroatoms. The largest absolute Gasteiger partial charge is 0.341 e. The summed E-state index contributed by atoms with van der Waals surface area (Å²) in [6.45, 7) is 3.04. The number of carbonyl (C=O) groups is 1. The molecule has 0 saturated carbocycles. The molecule has 5 nitrogen and oxygen atoms in total. The fourth-order valence-corrected chi connectivity index (χ4v) is 3.42. The quantitative estimate of drug-likeness (QED) is 0.765. The Labute approximate surface area is 151 Å². The van der Waals surface area contributed by atoms with Crippen molar-refractivity contribution in [1.29, 1.82) is 0 Å². The van der Waals surface area contributed by atoms with Crippen LogP contribution in [-0.4, -0.2) is 47.0 Å². The van der Waals surface area contributed by atoms with Gasteiger partial charge < -0.3 is 14.8 Å². The highest BCUT2D eigenvalue weighted by Crippen LogP contribution is 2.19. The highest BCUT2D eigenvalue weighted by atomic mass is 35.5. The molecule has 1 amide bonds. The Bertz CT molecular complexity index is 874. The molecule has 1 aliphatic rings. The van der Waals surface area contributed by atoms with Gasteiger partial charge in [0.2, 0.25) is 5.95 Å². The molecular formula is C19H19ClN4O. The van der Waals surface area contributed by atoms with E-state index in [0.29, 0.717) is 17.1 Å². The minimum Gasteiger partial charge on any atom is -0.341 e. The van der Waals surface area contributed by atoms with E-state index in [0.717, 1.165) is 43.0 Å². The van der Waals surface area contributed by atoms with Gasteiger partial charge in [0, 0.05) is 36.8 Å². The summed E-state index contributed by atoms with van der Waals surface area (Å²) in [5, 5.41) is 0.588. The number of fused-ring (bicyclic) bond motifs is 1. The maximum atomic E-state index is 12.7. The van der Waals surface area contributed by atoms with E-state index in [1.54, 1.807) is 12.1 Å². The number of hydrogen-bond acceptors (Lipinski definition) is 3. The van der Waals surface area contributed by atoms with Crippen molar-refractivity contribution in [3.05, 3.63) is 59.1 Å². The zero-order valence-corrected chi connectivity index (χ0v) is 14.5. The molecule has 128 valence electrons. The second-order valence-electron chi connectivity index (χ2n) is 6.22. The first kappa shape index (κ1) is 16.0. The number of halogens is 1. The lowest BCUT2D eigenvalue weighted by molar-refractivity contribution is 0.0767. The van der Waals surface area contributed by atoms with E-state index >= 15 is 0 Å². The van der Waals surface area contributed by atoms with Crippen LogP contribution in [0.3, 0.4) is 0 Å². The maximum absolute atomic E-state index is 12.7. The number of amides is 1. The number of anilines is 1. The third kappa shape index (κ3) is 3.33. The van der Waals surface area contributed by atoms with Gasteiger partial charge in [-0.05, 0) is 36.8 Å². The van der Waals surface area contributed by atoms with Gasteiger partial charge in [0.05, 0.1) is 11.0 Å². The molecule has 25 heavy (non-hydrogen) atoms. The summed E-state index contributed by atoms with van der Waals surface area (Å²) < 4.78 is 0. The number of imidazole rings is 1. The third-order valence-corrected chi connectivity index (χ3v) is 4.77. The number of carbonyl (C=O) groups excluding carboxylic acids is 1. The fourth-order valence-electron chi connectivity index (χ4n) is 3.23. The van der Waals surface area contributed by atoms with Gasteiger partial charge in [-0.25, -0.2) is 4.98 Å². The SMILES string of the molecule is O=C(c1cccc(Cl)c1)N1CCCN(c2nc3ccccc3[nH]2)CC1. The van der Waals surface area contributed by atoms with Gasteiger partial charge in [-0.15, -0.1) is 0 Å². The van der Waals surface area contributed by atoms with Crippen molar-refractivity contribution in [2.24, 2.45) is 0 Å². The number of hydrogen-bond donors (Lipinski definition) is 1. The second-order valence-corrected chi connectivity index (χ2v) is 6.66. The second kappa shape index (κ2) is 6.76. The summed E-state index contributed by atoms with van der Waals surface area (Å²) in [6.07, 6.45) is 0.906. The normalized spacial score (nSPS) is 15.4. The zero-order valence-electron chi connectivity index (χ0n) is 13.8. The van der Waals surface area contributed by atoms with Crippen molar-refractivity contribution in [3.63, 3.8) is 0 Å². The van der Waals surface area contributed by atoms with E-state index in [2.05, 4.69) is 14.9 Å². The average molecular weight is 355 g/mol. The molecule has 2 heterocycles.